The van der Waals surface area contributed by atoms with Gasteiger partial charge >= 0.3 is 12.1 Å². The maximum Gasteiger partial charge on any atom is 0.408 e. The normalized spacial score (nSPS) is 13.4. The lowest BCUT2D eigenvalue weighted by Gasteiger charge is -2.24. The van der Waals surface area contributed by atoms with E-state index in [-0.39, 0.29) is 29.1 Å². The number of alkyl carbamates (subject to hydrolysis) is 1. The number of aliphatic hydroxyl groups excluding tert-OH is 1. The molecule has 32 heavy (non-hydrogen) atoms. The number of aromatic nitrogens is 2. The van der Waals surface area contributed by atoms with E-state index in [4.69, 9.17) is 13.6 Å². The van der Waals surface area contributed by atoms with Crippen LogP contribution in [0, 0.1) is 5.92 Å². The number of oxazole rings is 2. The van der Waals surface area contributed by atoms with Crippen LogP contribution in [0.25, 0.3) is 0 Å². The number of nitrogens with one attached hydrogen (secondary N) is 2. The lowest BCUT2D eigenvalue weighted by molar-refractivity contribution is 0.0478. The van der Waals surface area contributed by atoms with E-state index in [9.17, 15) is 19.5 Å². The van der Waals surface area contributed by atoms with Gasteiger partial charge in [-0.15, -0.1) is 0 Å². The minimum absolute atomic E-state index is 0.0865. The Morgan fingerprint density at radius 2 is 1.66 bits per heavy atom. The number of hydrogen-bond donors (Lipinski definition) is 3. The molecule has 2 aromatic rings. The first-order valence-corrected chi connectivity index (χ1v) is 9.85. The summed E-state index contributed by atoms with van der Waals surface area (Å²) in [7, 11) is 1.19. The molecule has 2 heterocycles. The zero-order chi connectivity index (χ0) is 24.1. The molecule has 0 aliphatic carbocycles. The summed E-state index contributed by atoms with van der Waals surface area (Å²) in [6.45, 7) is 8.36. The molecule has 0 spiro atoms. The highest BCUT2D eigenvalue weighted by atomic mass is 16.6. The molecule has 0 fully saturated rings. The lowest BCUT2D eigenvalue weighted by atomic mass is 10.0. The van der Waals surface area contributed by atoms with Crippen molar-refractivity contribution in [3.05, 3.63) is 35.7 Å². The topological polar surface area (TPSA) is 166 Å². The van der Waals surface area contributed by atoms with Gasteiger partial charge in [-0.1, -0.05) is 13.8 Å². The minimum atomic E-state index is -1.04. The van der Waals surface area contributed by atoms with Gasteiger partial charge in [0.25, 0.3) is 5.91 Å². The first-order valence-electron chi connectivity index (χ1n) is 9.85. The Morgan fingerprint density at radius 3 is 2.22 bits per heavy atom. The van der Waals surface area contributed by atoms with Crippen LogP contribution in [0.5, 0.6) is 0 Å². The quantitative estimate of drug-likeness (QED) is 0.505. The van der Waals surface area contributed by atoms with Gasteiger partial charge in [-0.2, -0.15) is 0 Å². The van der Waals surface area contributed by atoms with Crippen molar-refractivity contribution in [1.29, 1.82) is 0 Å². The molecule has 0 saturated heterocycles. The van der Waals surface area contributed by atoms with Gasteiger partial charge in [0.15, 0.2) is 11.4 Å². The maximum absolute atomic E-state index is 12.6. The fraction of sp³-hybridized carbons (Fsp3) is 0.550. The molecule has 2 unspecified atom stereocenters. The van der Waals surface area contributed by atoms with Crippen molar-refractivity contribution in [3.8, 4) is 0 Å². The minimum Gasteiger partial charge on any atom is -0.464 e. The van der Waals surface area contributed by atoms with Crippen molar-refractivity contribution < 1.29 is 37.8 Å². The Bertz CT molecular complexity index is 944. The van der Waals surface area contributed by atoms with Gasteiger partial charge in [-0.05, 0) is 26.7 Å². The molecule has 0 radical (unpaired) electrons. The monoisotopic (exact) mass is 452 g/mol. The Kier molecular flexibility index (Phi) is 7.97. The van der Waals surface area contributed by atoms with E-state index in [1.807, 2.05) is 13.8 Å². The van der Waals surface area contributed by atoms with Gasteiger partial charge in [0, 0.05) is 0 Å². The number of amides is 2. The lowest BCUT2D eigenvalue weighted by Crippen LogP contribution is -2.37. The second-order valence-corrected chi connectivity index (χ2v) is 8.21. The average molecular weight is 452 g/mol. The number of hydrogen-bond acceptors (Lipinski definition) is 10. The molecule has 2 atom stereocenters. The van der Waals surface area contributed by atoms with Crippen molar-refractivity contribution in [1.82, 2.24) is 20.6 Å². The van der Waals surface area contributed by atoms with Gasteiger partial charge in [0.2, 0.25) is 11.8 Å². The van der Waals surface area contributed by atoms with E-state index in [0.717, 1.165) is 12.5 Å². The van der Waals surface area contributed by atoms with Crippen LogP contribution in [0.3, 0.4) is 0 Å². The summed E-state index contributed by atoms with van der Waals surface area (Å²) in [5, 5.41) is 14.8. The maximum atomic E-state index is 12.6. The highest BCUT2D eigenvalue weighted by Crippen LogP contribution is 2.22. The molecule has 2 amide bonds. The van der Waals surface area contributed by atoms with Crippen molar-refractivity contribution in [2.45, 2.75) is 52.3 Å². The van der Waals surface area contributed by atoms with Gasteiger partial charge < -0.3 is 34.0 Å². The fourth-order valence-corrected chi connectivity index (χ4v) is 2.55. The zero-order valence-electron chi connectivity index (χ0n) is 18.8. The molecule has 2 rings (SSSR count). The highest BCUT2D eigenvalue weighted by Gasteiger charge is 2.28. The van der Waals surface area contributed by atoms with E-state index in [2.05, 4.69) is 25.3 Å². The molecule has 3 N–H and O–H groups in total. The number of carbonyl (C=O) groups is 3. The molecule has 0 bridgehead atoms. The number of nitrogens with zero attached hydrogens (tertiary/aromatic N) is 2. The fourth-order valence-electron chi connectivity index (χ4n) is 2.55. The van der Waals surface area contributed by atoms with Gasteiger partial charge in [-0.3, -0.25) is 4.79 Å². The van der Waals surface area contributed by atoms with Gasteiger partial charge in [0.05, 0.1) is 13.7 Å². The first-order chi connectivity index (χ1) is 14.9. The molecule has 0 aliphatic rings. The molecule has 12 nitrogen and oxygen atoms in total. The molecule has 0 saturated carbocycles. The van der Waals surface area contributed by atoms with Crippen molar-refractivity contribution in [2.24, 2.45) is 5.92 Å². The van der Waals surface area contributed by atoms with Crippen LogP contribution in [-0.4, -0.2) is 52.4 Å². The summed E-state index contributed by atoms with van der Waals surface area (Å²) in [4.78, 5) is 44.3. The second-order valence-electron chi connectivity index (χ2n) is 8.21. The van der Waals surface area contributed by atoms with E-state index >= 15 is 0 Å². The molecular weight excluding hydrogens is 424 g/mol. The molecule has 0 aliphatic heterocycles. The summed E-state index contributed by atoms with van der Waals surface area (Å²) in [6, 6.07) is -1.68. The third-order valence-corrected chi connectivity index (χ3v) is 4.06. The number of carbonyl (C=O) groups excluding carboxylic acids is 3. The standard InChI is InChI=1S/C20H28N4O8/c1-10(2)14(24-19(28)32-20(3,4)5)17-22-12(8-31-17)15(26)21-11(7-25)16-23-13(9-30-16)18(27)29-6/h8-11,14,25H,7H2,1-6H3,(H,21,26)(H,24,28). The van der Waals surface area contributed by atoms with Gasteiger partial charge in [0.1, 0.15) is 30.2 Å². The third kappa shape index (κ3) is 6.54. The largest absolute Gasteiger partial charge is 0.464 e. The van der Waals surface area contributed by atoms with Crippen LogP contribution >= 0.6 is 0 Å². The van der Waals surface area contributed by atoms with E-state index in [1.54, 1.807) is 20.8 Å². The molecule has 0 aromatic carbocycles. The smallest absolute Gasteiger partial charge is 0.408 e. The molecule has 12 heteroatoms. The average Bonchev–Trinajstić information content (AvgIpc) is 3.38. The summed E-state index contributed by atoms with van der Waals surface area (Å²) in [5.74, 6) is -1.50. The first kappa shape index (κ1) is 24.9. The van der Waals surface area contributed by atoms with Crippen molar-refractivity contribution in [2.75, 3.05) is 13.7 Å². The molecule has 176 valence electrons. The van der Waals surface area contributed by atoms with Crippen LogP contribution in [-0.2, 0) is 9.47 Å². The Balaban J connectivity index is 2.11. The molecular formula is C20H28N4O8. The van der Waals surface area contributed by atoms with Gasteiger partial charge in [-0.25, -0.2) is 19.6 Å². The zero-order valence-corrected chi connectivity index (χ0v) is 18.8. The van der Waals surface area contributed by atoms with Crippen LogP contribution in [0.2, 0.25) is 0 Å². The van der Waals surface area contributed by atoms with Crippen LogP contribution in [0.4, 0.5) is 4.79 Å². The van der Waals surface area contributed by atoms with Crippen LogP contribution < -0.4 is 10.6 Å². The number of ether oxygens (including phenoxy) is 2. The number of aliphatic hydroxyl groups is 1. The Morgan fingerprint density at radius 1 is 1.06 bits per heavy atom. The summed E-state index contributed by atoms with van der Waals surface area (Å²) >= 11 is 0. The number of esters is 1. The highest BCUT2D eigenvalue weighted by molar-refractivity contribution is 5.92. The summed E-state index contributed by atoms with van der Waals surface area (Å²) < 4.78 is 20.3. The van der Waals surface area contributed by atoms with E-state index < -0.39 is 42.3 Å². The Hall–Kier alpha value is -3.41. The van der Waals surface area contributed by atoms with E-state index in [0.29, 0.717) is 0 Å². The predicted octanol–water partition coefficient (Wildman–Crippen LogP) is 2.13. The third-order valence-electron chi connectivity index (χ3n) is 4.06. The number of methoxy groups -OCH3 is 1. The molecule has 2 aromatic heterocycles. The van der Waals surface area contributed by atoms with Crippen molar-refractivity contribution in [3.63, 3.8) is 0 Å². The summed E-state index contributed by atoms with van der Waals surface area (Å²) in [6.07, 6.45) is 1.53. The van der Waals surface area contributed by atoms with E-state index in [1.165, 1.54) is 7.11 Å². The Labute approximate surface area is 184 Å². The summed E-state index contributed by atoms with van der Waals surface area (Å²) in [5.41, 5.74) is -0.873. The van der Waals surface area contributed by atoms with Crippen LogP contribution in [0.1, 0.15) is 79.5 Å². The van der Waals surface area contributed by atoms with Crippen LogP contribution in [0.15, 0.2) is 21.4 Å². The predicted molar refractivity (Wildman–Crippen MR) is 109 cm³/mol. The second kappa shape index (κ2) is 10.3. The van der Waals surface area contributed by atoms with Crippen molar-refractivity contribution >= 4 is 18.0 Å². The SMILES string of the molecule is COC(=O)c1coc(C(CO)NC(=O)c2coc(C(NC(=O)OC(C)(C)C)C(C)C)n2)n1. The number of rotatable bonds is 8.